The molecule has 0 spiro atoms. The van der Waals surface area contributed by atoms with E-state index in [2.05, 4.69) is 20.5 Å². The molecule has 0 saturated carbocycles. The summed E-state index contributed by atoms with van der Waals surface area (Å²) in [6.07, 6.45) is 3.72. The summed E-state index contributed by atoms with van der Waals surface area (Å²) < 4.78 is 0. The lowest BCUT2D eigenvalue weighted by molar-refractivity contribution is 0.318. The van der Waals surface area contributed by atoms with E-state index in [1.807, 2.05) is 0 Å². The van der Waals surface area contributed by atoms with Crippen LogP contribution in [0.15, 0.2) is 6.07 Å². The number of anilines is 2. The molecule has 0 bridgehead atoms. The highest BCUT2D eigenvalue weighted by Gasteiger charge is 2.37. The first-order valence-corrected chi connectivity index (χ1v) is 7.49. The summed E-state index contributed by atoms with van der Waals surface area (Å²) in [4.78, 5) is 7.02. The Morgan fingerprint density at radius 1 is 1.21 bits per heavy atom. The predicted octanol–water partition coefficient (Wildman–Crippen LogP) is 3.08. The van der Waals surface area contributed by atoms with E-state index < -0.39 is 0 Å². The molecule has 104 valence electrons. The van der Waals surface area contributed by atoms with Crippen LogP contribution in [0.3, 0.4) is 0 Å². The van der Waals surface area contributed by atoms with Gasteiger partial charge >= 0.3 is 0 Å². The maximum atomic E-state index is 6.23. The van der Waals surface area contributed by atoms with E-state index in [1.165, 1.54) is 25.9 Å². The first-order valence-electron chi connectivity index (χ1n) is 6.73. The third-order valence-corrected chi connectivity index (χ3v) is 4.67. The van der Waals surface area contributed by atoms with E-state index in [4.69, 9.17) is 23.2 Å². The predicted molar refractivity (Wildman–Crippen MR) is 80.4 cm³/mol. The lowest BCUT2D eigenvalue weighted by Crippen LogP contribution is -2.34. The van der Waals surface area contributed by atoms with Crippen molar-refractivity contribution in [3.63, 3.8) is 0 Å². The minimum atomic E-state index is 0.443. The second-order valence-electron chi connectivity index (χ2n) is 5.18. The fourth-order valence-electron chi connectivity index (χ4n) is 3.17. The van der Waals surface area contributed by atoms with Crippen LogP contribution in [-0.4, -0.2) is 42.1 Å². The first kappa shape index (κ1) is 13.3. The van der Waals surface area contributed by atoms with Crippen LogP contribution < -0.4 is 10.6 Å². The van der Waals surface area contributed by atoms with Crippen LogP contribution in [0, 0.1) is 0 Å². The van der Waals surface area contributed by atoms with Gasteiger partial charge in [-0.05, 0) is 31.9 Å². The Morgan fingerprint density at radius 3 is 2.79 bits per heavy atom. The maximum absolute atomic E-state index is 6.23. The monoisotopic (exact) mass is 300 g/mol. The van der Waals surface area contributed by atoms with Crippen LogP contribution >= 0.6 is 23.2 Å². The molecule has 2 atom stereocenters. The topological polar surface area (TPSA) is 40.2 Å². The second-order valence-corrected chi connectivity index (χ2v) is 6.00. The Bertz CT molecular complexity index is 480. The Kier molecular flexibility index (Phi) is 3.74. The van der Waals surface area contributed by atoms with E-state index in [0.29, 0.717) is 27.9 Å². The molecule has 2 unspecified atom stereocenters. The van der Waals surface area contributed by atoms with Gasteiger partial charge in [0.15, 0.2) is 0 Å². The molecule has 2 fully saturated rings. The number of halogens is 2. The molecule has 0 aliphatic carbocycles. The van der Waals surface area contributed by atoms with Gasteiger partial charge in [0, 0.05) is 25.7 Å². The van der Waals surface area contributed by atoms with Gasteiger partial charge in [-0.25, -0.2) is 4.98 Å². The number of rotatable bonds is 3. The van der Waals surface area contributed by atoms with Gasteiger partial charge in [-0.15, -0.1) is 0 Å². The maximum Gasteiger partial charge on any atom is 0.147 e. The summed E-state index contributed by atoms with van der Waals surface area (Å²) >= 11 is 12.3. The average Bonchev–Trinajstić information content (AvgIpc) is 2.97. The number of aromatic nitrogens is 1. The second kappa shape index (κ2) is 5.35. The van der Waals surface area contributed by atoms with Crippen molar-refractivity contribution in [3.8, 4) is 0 Å². The molecule has 2 N–H and O–H groups in total. The van der Waals surface area contributed by atoms with Gasteiger partial charge in [0.2, 0.25) is 0 Å². The number of nitrogens with one attached hydrogen (secondary N) is 2. The van der Waals surface area contributed by atoms with Crippen LogP contribution in [0.4, 0.5) is 11.6 Å². The Morgan fingerprint density at radius 2 is 2.00 bits per heavy atom. The SMILES string of the molecule is CNc1nc(NC2CCN3CCCC23)c(Cl)cc1Cl. The summed E-state index contributed by atoms with van der Waals surface area (Å²) in [7, 11) is 1.81. The molecular weight excluding hydrogens is 283 g/mol. The third-order valence-electron chi connectivity index (χ3n) is 4.09. The molecule has 2 aliphatic rings. The number of fused-ring (bicyclic) bond motifs is 1. The van der Waals surface area contributed by atoms with Crippen molar-refractivity contribution in [1.29, 1.82) is 0 Å². The van der Waals surface area contributed by atoms with Gasteiger partial charge in [-0.2, -0.15) is 0 Å². The van der Waals surface area contributed by atoms with Crippen LogP contribution in [0.5, 0.6) is 0 Å². The number of hydrogen-bond donors (Lipinski definition) is 2. The molecular formula is C13H18Cl2N4. The highest BCUT2D eigenvalue weighted by molar-refractivity contribution is 6.37. The molecule has 4 nitrogen and oxygen atoms in total. The van der Waals surface area contributed by atoms with E-state index in [-0.39, 0.29) is 0 Å². The van der Waals surface area contributed by atoms with Crippen molar-refractivity contribution in [1.82, 2.24) is 9.88 Å². The molecule has 0 amide bonds. The normalized spacial score (nSPS) is 26.5. The van der Waals surface area contributed by atoms with Crippen molar-refractivity contribution in [2.45, 2.75) is 31.3 Å². The zero-order valence-electron chi connectivity index (χ0n) is 10.9. The summed E-state index contributed by atoms with van der Waals surface area (Å²) in [5.74, 6) is 1.39. The largest absolute Gasteiger partial charge is 0.372 e. The van der Waals surface area contributed by atoms with Crippen LogP contribution in [-0.2, 0) is 0 Å². The molecule has 1 aromatic rings. The van der Waals surface area contributed by atoms with Gasteiger partial charge in [-0.1, -0.05) is 23.2 Å². The van der Waals surface area contributed by atoms with Gasteiger partial charge < -0.3 is 10.6 Å². The van der Waals surface area contributed by atoms with Gasteiger partial charge in [0.1, 0.15) is 11.6 Å². The highest BCUT2D eigenvalue weighted by Crippen LogP contribution is 2.33. The fourth-order valence-corrected chi connectivity index (χ4v) is 3.68. The minimum Gasteiger partial charge on any atom is -0.372 e. The third kappa shape index (κ3) is 2.49. The standard InChI is InChI=1S/C13H18Cl2N4/c1-16-12-8(14)7-9(15)13(18-12)17-10-4-6-19-5-2-3-11(10)19/h7,10-11H,2-6H2,1H3,(H2,16,17,18). The molecule has 0 radical (unpaired) electrons. The molecule has 1 aromatic heterocycles. The van der Waals surface area contributed by atoms with E-state index in [1.54, 1.807) is 13.1 Å². The van der Waals surface area contributed by atoms with Gasteiger partial charge in [0.05, 0.1) is 10.0 Å². The Labute approximate surface area is 123 Å². The summed E-state index contributed by atoms with van der Waals surface area (Å²) in [6.45, 7) is 2.40. The van der Waals surface area contributed by atoms with Crippen molar-refractivity contribution < 1.29 is 0 Å². The van der Waals surface area contributed by atoms with Crippen LogP contribution in [0.1, 0.15) is 19.3 Å². The fraction of sp³-hybridized carbons (Fsp3) is 0.615. The van der Waals surface area contributed by atoms with Crippen molar-refractivity contribution in [2.75, 3.05) is 30.8 Å². The molecule has 3 rings (SSSR count). The van der Waals surface area contributed by atoms with Crippen molar-refractivity contribution in [3.05, 3.63) is 16.1 Å². The van der Waals surface area contributed by atoms with E-state index >= 15 is 0 Å². The van der Waals surface area contributed by atoms with Gasteiger partial charge in [0.25, 0.3) is 0 Å². The Hall–Kier alpha value is -0.710. The molecule has 2 saturated heterocycles. The van der Waals surface area contributed by atoms with E-state index in [0.717, 1.165) is 12.2 Å². The van der Waals surface area contributed by atoms with Crippen LogP contribution in [0.2, 0.25) is 10.0 Å². The zero-order chi connectivity index (χ0) is 13.4. The molecule has 2 aliphatic heterocycles. The summed E-state index contributed by atoms with van der Waals surface area (Å²) in [5, 5.41) is 7.61. The lowest BCUT2D eigenvalue weighted by atomic mass is 10.1. The quantitative estimate of drug-likeness (QED) is 0.900. The minimum absolute atomic E-state index is 0.443. The Balaban J connectivity index is 1.79. The summed E-state index contributed by atoms with van der Waals surface area (Å²) in [6, 6.07) is 2.82. The van der Waals surface area contributed by atoms with Gasteiger partial charge in [-0.3, -0.25) is 4.90 Å². The number of hydrogen-bond acceptors (Lipinski definition) is 4. The van der Waals surface area contributed by atoms with E-state index in [9.17, 15) is 0 Å². The average molecular weight is 301 g/mol. The van der Waals surface area contributed by atoms with Crippen molar-refractivity contribution >= 4 is 34.8 Å². The first-order chi connectivity index (χ1) is 9.19. The van der Waals surface area contributed by atoms with Crippen LogP contribution in [0.25, 0.3) is 0 Å². The number of nitrogens with zero attached hydrogens (tertiary/aromatic N) is 2. The molecule has 19 heavy (non-hydrogen) atoms. The number of pyridine rings is 1. The van der Waals surface area contributed by atoms with Crippen molar-refractivity contribution in [2.24, 2.45) is 0 Å². The summed E-state index contributed by atoms with van der Waals surface area (Å²) in [5.41, 5.74) is 0. The highest BCUT2D eigenvalue weighted by atomic mass is 35.5. The molecule has 3 heterocycles. The molecule has 6 heteroatoms. The smallest absolute Gasteiger partial charge is 0.147 e. The zero-order valence-corrected chi connectivity index (χ0v) is 12.4. The lowest BCUT2D eigenvalue weighted by Gasteiger charge is -2.22. The molecule has 0 aromatic carbocycles.